The van der Waals surface area contributed by atoms with Gasteiger partial charge in [0.1, 0.15) is 11.6 Å². The molecular weight excluding hydrogens is 375 g/mol. The number of fused-ring (bicyclic) bond motifs is 1. The number of aryl methyl sites for hydroxylation is 1. The Morgan fingerprint density at radius 1 is 1.16 bits per heavy atom. The number of benzene rings is 2. The number of nitrogens with zero attached hydrogens (tertiary/aromatic N) is 1. The number of hydrogen-bond acceptors (Lipinski definition) is 1. The second kappa shape index (κ2) is 4.72. The zero-order valence-electron chi connectivity index (χ0n) is 9.97. The lowest BCUT2D eigenvalue weighted by Gasteiger charge is -1.98. The second-order valence-corrected chi connectivity index (χ2v) is 6.10. The standard InChI is InChI=1S/C14H9Br2FN2/c1-7-4-9(15)6-12-13(7)19-14(18-12)8-2-3-10(16)11(17)5-8/h2-6H,1H3,(H,18,19). The Labute approximate surface area is 126 Å². The van der Waals surface area contributed by atoms with Gasteiger partial charge in [-0.25, -0.2) is 9.37 Å². The summed E-state index contributed by atoms with van der Waals surface area (Å²) in [7, 11) is 0. The van der Waals surface area contributed by atoms with Gasteiger partial charge in [-0.05, 0) is 58.7 Å². The summed E-state index contributed by atoms with van der Waals surface area (Å²) in [5.41, 5.74) is 3.64. The van der Waals surface area contributed by atoms with E-state index in [1.807, 2.05) is 25.1 Å². The Morgan fingerprint density at radius 2 is 1.95 bits per heavy atom. The zero-order valence-corrected chi connectivity index (χ0v) is 13.1. The van der Waals surface area contributed by atoms with Crippen LogP contribution in [0.2, 0.25) is 0 Å². The van der Waals surface area contributed by atoms with Crippen LogP contribution in [0, 0.1) is 12.7 Å². The molecule has 0 aliphatic heterocycles. The molecule has 0 fully saturated rings. The number of rotatable bonds is 1. The van der Waals surface area contributed by atoms with E-state index in [-0.39, 0.29) is 5.82 Å². The van der Waals surface area contributed by atoms with Gasteiger partial charge in [0.15, 0.2) is 0 Å². The van der Waals surface area contributed by atoms with E-state index in [0.717, 1.165) is 26.6 Å². The Balaban J connectivity index is 2.20. The molecule has 3 rings (SSSR count). The number of nitrogens with one attached hydrogen (secondary N) is 1. The Hall–Kier alpha value is -1.20. The van der Waals surface area contributed by atoms with Crippen molar-refractivity contribution in [2.24, 2.45) is 0 Å². The van der Waals surface area contributed by atoms with Crippen molar-refractivity contribution in [2.45, 2.75) is 6.92 Å². The van der Waals surface area contributed by atoms with Crippen LogP contribution in [0.5, 0.6) is 0 Å². The number of aromatic amines is 1. The summed E-state index contributed by atoms with van der Waals surface area (Å²) in [5, 5.41) is 0. The summed E-state index contributed by atoms with van der Waals surface area (Å²) in [4.78, 5) is 7.75. The quantitative estimate of drug-likeness (QED) is 0.614. The Kier molecular flexibility index (Phi) is 3.19. The number of aromatic nitrogens is 2. The Bertz CT molecular complexity index is 780. The van der Waals surface area contributed by atoms with E-state index in [2.05, 4.69) is 41.8 Å². The molecule has 0 saturated carbocycles. The van der Waals surface area contributed by atoms with Gasteiger partial charge in [-0.2, -0.15) is 0 Å². The van der Waals surface area contributed by atoms with Gasteiger partial charge in [-0.3, -0.25) is 0 Å². The maximum atomic E-state index is 13.6. The van der Waals surface area contributed by atoms with Crippen LogP contribution < -0.4 is 0 Å². The van der Waals surface area contributed by atoms with Gasteiger partial charge in [-0.15, -0.1) is 0 Å². The molecule has 0 aliphatic carbocycles. The summed E-state index contributed by atoms with van der Waals surface area (Å²) in [6.45, 7) is 2.00. The second-order valence-electron chi connectivity index (χ2n) is 4.33. The van der Waals surface area contributed by atoms with Gasteiger partial charge < -0.3 is 4.98 Å². The van der Waals surface area contributed by atoms with Crippen molar-refractivity contribution in [1.29, 1.82) is 0 Å². The molecule has 0 saturated heterocycles. The predicted octanol–water partition coefficient (Wildman–Crippen LogP) is 5.20. The van der Waals surface area contributed by atoms with Crippen molar-refractivity contribution in [3.05, 3.63) is 50.7 Å². The highest BCUT2D eigenvalue weighted by atomic mass is 79.9. The third kappa shape index (κ3) is 2.32. The number of imidazole rings is 1. The number of halogens is 3. The molecule has 0 spiro atoms. The van der Waals surface area contributed by atoms with E-state index in [1.165, 1.54) is 6.07 Å². The molecule has 1 aromatic heterocycles. The van der Waals surface area contributed by atoms with Gasteiger partial charge >= 0.3 is 0 Å². The summed E-state index contributed by atoms with van der Waals surface area (Å²) in [5.74, 6) is 0.374. The minimum Gasteiger partial charge on any atom is -0.338 e. The van der Waals surface area contributed by atoms with E-state index in [0.29, 0.717) is 10.3 Å². The fourth-order valence-corrected chi connectivity index (χ4v) is 2.85. The maximum absolute atomic E-state index is 13.6. The fourth-order valence-electron chi connectivity index (χ4n) is 2.03. The first-order valence-corrected chi connectivity index (χ1v) is 7.24. The zero-order chi connectivity index (χ0) is 13.6. The molecule has 1 N–H and O–H groups in total. The van der Waals surface area contributed by atoms with Crippen molar-refractivity contribution in [1.82, 2.24) is 9.97 Å². The van der Waals surface area contributed by atoms with Crippen molar-refractivity contribution in [2.75, 3.05) is 0 Å². The fraction of sp³-hybridized carbons (Fsp3) is 0.0714. The molecule has 96 valence electrons. The minimum atomic E-state index is -0.296. The van der Waals surface area contributed by atoms with Crippen LogP contribution in [-0.2, 0) is 0 Å². The van der Waals surface area contributed by atoms with Crippen LogP contribution in [0.25, 0.3) is 22.4 Å². The first kappa shape index (κ1) is 12.8. The average molecular weight is 384 g/mol. The highest BCUT2D eigenvalue weighted by Crippen LogP contribution is 2.27. The average Bonchev–Trinajstić information content (AvgIpc) is 2.76. The van der Waals surface area contributed by atoms with Gasteiger partial charge in [0, 0.05) is 10.0 Å². The summed E-state index contributed by atoms with van der Waals surface area (Å²) in [6, 6.07) is 8.95. The molecule has 0 unspecified atom stereocenters. The minimum absolute atomic E-state index is 0.296. The van der Waals surface area contributed by atoms with Crippen LogP contribution in [0.1, 0.15) is 5.56 Å². The lowest BCUT2D eigenvalue weighted by molar-refractivity contribution is 0.621. The number of H-pyrrole nitrogens is 1. The molecule has 0 radical (unpaired) electrons. The lowest BCUT2D eigenvalue weighted by Crippen LogP contribution is -1.83. The monoisotopic (exact) mass is 382 g/mol. The predicted molar refractivity (Wildman–Crippen MR) is 81.6 cm³/mol. The van der Waals surface area contributed by atoms with Crippen LogP contribution in [-0.4, -0.2) is 9.97 Å². The van der Waals surface area contributed by atoms with Gasteiger partial charge in [0.05, 0.1) is 15.5 Å². The first-order valence-electron chi connectivity index (χ1n) is 5.66. The highest BCUT2D eigenvalue weighted by Gasteiger charge is 2.10. The molecule has 0 bridgehead atoms. The topological polar surface area (TPSA) is 28.7 Å². The van der Waals surface area contributed by atoms with Crippen LogP contribution >= 0.6 is 31.9 Å². The first-order chi connectivity index (χ1) is 9.04. The third-order valence-electron chi connectivity index (χ3n) is 2.93. The van der Waals surface area contributed by atoms with E-state index >= 15 is 0 Å². The molecule has 2 aromatic carbocycles. The van der Waals surface area contributed by atoms with Crippen molar-refractivity contribution >= 4 is 42.9 Å². The van der Waals surface area contributed by atoms with Crippen molar-refractivity contribution in [3.8, 4) is 11.4 Å². The largest absolute Gasteiger partial charge is 0.338 e. The third-order valence-corrected chi connectivity index (χ3v) is 4.04. The smallest absolute Gasteiger partial charge is 0.138 e. The van der Waals surface area contributed by atoms with E-state index in [4.69, 9.17) is 0 Å². The lowest BCUT2D eigenvalue weighted by atomic mass is 10.2. The molecule has 0 aliphatic rings. The molecule has 3 aromatic rings. The molecule has 5 heteroatoms. The van der Waals surface area contributed by atoms with Crippen LogP contribution in [0.3, 0.4) is 0 Å². The molecule has 0 amide bonds. The Morgan fingerprint density at radius 3 is 2.68 bits per heavy atom. The molecule has 0 atom stereocenters. The van der Waals surface area contributed by atoms with Crippen molar-refractivity contribution < 1.29 is 4.39 Å². The normalized spacial score (nSPS) is 11.2. The van der Waals surface area contributed by atoms with Gasteiger partial charge in [0.2, 0.25) is 0 Å². The molecule has 19 heavy (non-hydrogen) atoms. The van der Waals surface area contributed by atoms with Crippen molar-refractivity contribution in [3.63, 3.8) is 0 Å². The summed E-state index contributed by atoms with van der Waals surface area (Å²) >= 11 is 6.60. The van der Waals surface area contributed by atoms with Gasteiger partial charge in [-0.1, -0.05) is 15.9 Å². The van der Waals surface area contributed by atoms with E-state index in [1.54, 1.807) is 6.07 Å². The summed E-state index contributed by atoms with van der Waals surface area (Å²) < 4.78 is 15.0. The summed E-state index contributed by atoms with van der Waals surface area (Å²) in [6.07, 6.45) is 0. The van der Waals surface area contributed by atoms with Crippen LogP contribution in [0.15, 0.2) is 39.3 Å². The van der Waals surface area contributed by atoms with Gasteiger partial charge in [0.25, 0.3) is 0 Å². The van der Waals surface area contributed by atoms with E-state index in [9.17, 15) is 4.39 Å². The van der Waals surface area contributed by atoms with E-state index < -0.39 is 0 Å². The molecule has 1 heterocycles. The SMILES string of the molecule is Cc1cc(Br)cc2[nH]c(-c3ccc(Br)c(F)c3)nc12. The number of hydrogen-bond donors (Lipinski definition) is 1. The van der Waals surface area contributed by atoms with Crippen LogP contribution in [0.4, 0.5) is 4.39 Å². The maximum Gasteiger partial charge on any atom is 0.138 e. The highest BCUT2D eigenvalue weighted by molar-refractivity contribution is 9.10. The molecule has 2 nitrogen and oxygen atoms in total. The molecular formula is C14H9Br2FN2.